The molecule has 0 bridgehead atoms. The third-order valence-electron chi connectivity index (χ3n) is 1.57. The summed E-state index contributed by atoms with van der Waals surface area (Å²) in [6, 6.07) is 0. The Labute approximate surface area is 200 Å². The van der Waals surface area contributed by atoms with Gasteiger partial charge in [-0.3, -0.25) is 0 Å². The number of hydrogen-bond acceptors (Lipinski definition) is 10. The molecule has 0 saturated heterocycles. The van der Waals surface area contributed by atoms with Gasteiger partial charge in [0.25, 0.3) is 0 Å². The van der Waals surface area contributed by atoms with Crippen LogP contribution >= 0.6 is 66.3 Å². The van der Waals surface area contributed by atoms with Gasteiger partial charge in [0.2, 0.25) is 20.8 Å². The molecule has 0 aliphatic carbocycles. The molecule has 1 aromatic carbocycles. The SMILES string of the molecule is O=S(=O)([O-])OCOS(=O)(=O)[O-].O=[P+](O)O.Oc1c(Cl)c(Cl)c(Cl)c(Cl)c1Cl.[Mg+2]. The van der Waals surface area contributed by atoms with Crippen LogP contribution in [0.25, 0.3) is 0 Å². The van der Waals surface area contributed by atoms with E-state index in [-0.39, 0.29) is 53.9 Å². The van der Waals surface area contributed by atoms with Gasteiger partial charge in [-0.05, 0) is 0 Å². The van der Waals surface area contributed by atoms with Crippen LogP contribution in [-0.2, 0) is 33.7 Å². The molecule has 28 heavy (non-hydrogen) atoms. The number of rotatable bonds is 4. The molecule has 21 heteroatoms. The van der Waals surface area contributed by atoms with E-state index < -0.39 is 35.8 Å². The van der Waals surface area contributed by atoms with Gasteiger partial charge >= 0.3 is 31.3 Å². The first-order chi connectivity index (χ1) is 11.9. The Hall–Kier alpha value is 0.996. The average molecular weight is 578 g/mol. The first kappa shape index (κ1) is 33.6. The molecule has 0 heterocycles. The molecule has 0 aliphatic heterocycles. The fraction of sp³-hybridized carbons (Fsp3) is 0.143. The maximum atomic E-state index is 9.56. The second kappa shape index (κ2) is 14.9. The predicted octanol–water partition coefficient (Wildman–Crippen LogP) is 1.80. The first-order valence-corrected chi connectivity index (χ1v) is 10.9. The summed E-state index contributed by atoms with van der Waals surface area (Å²) in [5.74, 6) is -0.363. The number of benzene rings is 1. The summed E-state index contributed by atoms with van der Waals surface area (Å²) in [6.07, 6.45) is 0. The van der Waals surface area contributed by atoms with Gasteiger partial charge in [-0.15, -0.1) is 9.79 Å². The summed E-state index contributed by atoms with van der Waals surface area (Å²) in [7, 11) is -12.9. The third-order valence-corrected chi connectivity index (χ3v) is 4.60. The van der Waals surface area contributed by atoms with E-state index >= 15 is 0 Å². The second-order valence-corrected chi connectivity index (χ2v) is 7.84. The largest absolute Gasteiger partial charge is 2.00 e. The van der Waals surface area contributed by atoms with E-state index in [1.807, 2.05) is 0 Å². The number of aromatic hydroxyl groups is 1. The average Bonchev–Trinajstić information content (AvgIpc) is 2.46. The molecule has 158 valence electrons. The third kappa shape index (κ3) is 16.8. The predicted molar refractivity (Wildman–Crippen MR) is 97.4 cm³/mol. The van der Waals surface area contributed by atoms with Gasteiger partial charge in [-0.25, -0.2) is 25.2 Å². The van der Waals surface area contributed by atoms with Gasteiger partial charge in [0, 0.05) is 4.57 Å². The van der Waals surface area contributed by atoms with Crippen LogP contribution in [0.1, 0.15) is 0 Å². The fourth-order valence-corrected chi connectivity index (χ4v) is 2.25. The molecule has 0 amide bonds. The maximum absolute atomic E-state index is 9.56. The topological polar surface area (TPSA) is 211 Å². The number of hydrogen-bond donors (Lipinski definition) is 3. The fourth-order valence-electron chi connectivity index (χ4n) is 0.731. The van der Waals surface area contributed by atoms with Crippen molar-refractivity contribution in [1.29, 1.82) is 0 Å². The molecule has 1 rings (SSSR count). The summed E-state index contributed by atoms with van der Waals surface area (Å²) >= 11 is 27.9. The van der Waals surface area contributed by atoms with Crippen molar-refractivity contribution >= 4 is 110 Å². The van der Waals surface area contributed by atoms with Crippen molar-refractivity contribution in [3.63, 3.8) is 0 Å². The summed E-state index contributed by atoms with van der Waals surface area (Å²) in [5.41, 5.74) is 0. The minimum absolute atomic E-state index is 0. The molecule has 0 saturated carbocycles. The van der Waals surface area contributed by atoms with Gasteiger partial charge in [0.15, 0.2) is 12.5 Å². The Kier molecular flexibility index (Phi) is 17.9. The minimum Gasteiger partial charge on any atom is -0.725 e. The smallest absolute Gasteiger partial charge is 0.725 e. The zero-order chi connectivity index (χ0) is 22.2. The molecule has 0 aliphatic rings. The molecule has 0 radical (unpaired) electrons. The van der Waals surface area contributed by atoms with E-state index in [1.165, 1.54) is 0 Å². The Morgan fingerprint density at radius 3 is 1.21 bits per heavy atom. The van der Waals surface area contributed by atoms with Crippen molar-refractivity contribution in [2.75, 3.05) is 6.79 Å². The zero-order valence-electron chi connectivity index (χ0n) is 12.6. The van der Waals surface area contributed by atoms with Crippen LogP contribution in [0.15, 0.2) is 0 Å². The van der Waals surface area contributed by atoms with Crippen molar-refractivity contribution in [2.45, 2.75) is 0 Å². The molecule has 12 nitrogen and oxygen atoms in total. The van der Waals surface area contributed by atoms with Gasteiger partial charge in [-0.1, -0.05) is 58.0 Å². The monoisotopic (exact) mass is 575 g/mol. The van der Waals surface area contributed by atoms with Crippen LogP contribution < -0.4 is 0 Å². The van der Waals surface area contributed by atoms with Crippen molar-refractivity contribution in [2.24, 2.45) is 0 Å². The minimum atomic E-state index is -5.02. The maximum Gasteiger partial charge on any atom is 2.00 e. The second-order valence-electron chi connectivity index (χ2n) is 3.34. The van der Waals surface area contributed by atoms with E-state index in [9.17, 15) is 31.0 Å². The van der Waals surface area contributed by atoms with Crippen molar-refractivity contribution in [3.8, 4) is 5.75 Å². The molecule has 1 aromatic rings. The zero-order valence-corrected chi connectivity index (χ0v) is 20.3. The van der Waals surface area contributed by atoms with E-state index in [2.05, 4.69) is 8.37 Å². The Morgan fingerprint density at radius 1 is 0.786 bits per heavy atom. The molecule has 0 fully saturated rings. The number of phenolic OH excluding ortho intramolecular Hbond substituents is 1. The van der Waals surface area contributed by atoms with Gasteiger partial charge in [-0.2, -0.15) is 0 Å². The summed E-state index contributed by atoms with van der Waals surface area (Å²) in [4.78, 5) is 14.2. The first-order valence-electron chi connectivity index (χ1n) is 5.16. The van der Waals surface area contributed by atoms with Crippen LogP contribution in [0.2, 0.25) is 25.1 Å². The molecule has 0 atom stereocenters. The summed E-state index contributed by atoms with van der Waals surface area (Å²) in [6.45, 7) is -1.43. The van der Waals surface area contributed by atoms with Crippen LogP contribution in [0, 0.1) is 0 Å². The quantitative estimate of drug-likeness (QED) is 0.0889. The molecular weight excluding hydrogens is 573 g/mol. The van der Waals surface area contributed by atoms with Crippen LogP contribution in [0.4, 0.5) is 0 Å². The molecule has 3 N–H and O–H groups in total. The normalized spacial score (nSPS) is 10.6. The van der Waals surface area contributed by atoms with Gasteiger partial charge in [0.1, 0.15) is 10.0 Å². The molecule has 0 unspecified atom stereocenters. The van der Waals surface area contributed by atoms with E-state index in [4.69, 9.17) is 72.4 Å². The Bertz CT molecular complexity index is 738. The molecule has 0 spiro atoms. The summed E-state index contributed by atoms with van der Waals surface area (Å²) in [5, 5.41) is 9.01. The van der Waals surface area contributed by atoms with Crippen LogP contribution in [0.5, 0.6) is 5.75 Å². The van der Waals surface area contributed by atoms with Crippen molar-refractivity contribution in [1.82, 2.24) is 0 Å². The van der Waals surface area contributed by atoms with Crippen LogP contribution in [-0.4, -0.2) is 70.7 Å². The Morgan fingerprint density at radius 2 is 1.00 bits per heavy atom. The molecule has 0 aromatic heterocycles. The van der Waals surface area contributed by atoms with Gasteiger partial charge < -0.3 is 14.2 Å². The van der Waals surface area contributed by atoms with Crippen LogP contribution in [0.3, 0.4) is 0 Å². The van der Waals surface area contributed by atoms with E-state index in [0.717, 1.165) is 0 Å². The summed E-state index contributed by atoms with van der Waals surface area (Å²) < 4.78 is 72.5. The van der Waals surface area contributed by atoms with E-state index in [1.54, 1.807) is 0 Å². The Balaban J connectivity index is -0.000000366. The number of halogens is 5. The molecular formula is C7H5Cl5MgO12PS2+. The standard InChI is InChI=1S/C6HCl5O.CH4O8S2.Mg.HO3P/c7-1-2(8)4(10)6(12)5(11)3(1)9;2-10(3,4)8-1-9-11(5,6)7;;1-4(2)3/h12H;1H2,(H,2,3,4)(H,5,6,7);;(H-,1,2,3)/q;;+2;/p-1. The van der Waals surface area contributed by atoms with Crippen molar-refractivity contribution < 1.29 is 53.8 Å². The number of phenols is 1. The van der Waals surface area contributed by atoms with E-state index in [0.29, 0.717) is 0 Å². The van der Waals surface area contributed by atoms with Crippen molar-refractivity contribution in [3.05, 3.63) is 25.1 Å². The van der Waals surface area contributed by atoms with Gasteiger partial charge in [0.05, 0.1) is 15.1 Å².